The third-order valence-electron chi connectivity index (χ3n) is 3.10. The van der Waals surface area contributed by atoms with Crippen molar-refractivity contribution < 1.29 is 9.26 Å². The van der Waals surface area contributed by atoms with E-state index in [0.717, 1.165) is 16.9 Å². The van der Waals surface area contributed by atoms with Gasteiger partial charge in [0.05, 0.1) is 18.7 Å². The molecule has 0 bridgehead atoms. The fourth-order valence-electron chi connectivity index (χ4n) is 1.86. The molecule has 0 saturated carbocycles. The van der Waals surface area contributed by atoms with E-state index in [1.807, 2.05) is 39.0 Å². The van der Waals surface area contributed by atoms with Crippen molar-refractivity contribution >= 4 is 0 Å². The number of hydrogen-bond acceptors (Lipinski definition) is 5. The van der Waals surface area contributed by atoms with Crippen molar-refractivity contribution in [3.05, 3.63) is 29.7 Å². The van der Waals surface area contributed by atoms with Gasteiger partial charge in [-0.15, -0.1) is 0 Å². The molecule has 1 heterocycles. The van der Waals surface area contributed by atoms with Crippen LogP contribution in [0.4, 0.5) is 0 Å². The molecule has 5 heteroatoms. The number of rotatable bonds is 4. The van der Waals surface area contributed by atoms with Crippen LogP contribution < -0.4 is 10.5 Å². The lowest BCUT2D eigenvalue weighted by molar-refractivity contribution is 0.325. The van der Waals surface area contributed by atoms with Gasteiger partial charge in [0.1, 0.15) is 5.75 Å². The number of ether oxygens (including phenoxy) is 1. The summed E-state index contributed by atoms with van der Waals surface area (Å²) in [5.74, 6) is 1.96. The molecule has 0 saturated heterocycles. The first-order chi connectivity index (χ1) is 9.04. The first-order valence-electron chi connectivity index (χ1n) is 6.27. The minimum absolute atomic E-state index is 0.243. The van der Waals surface area contributed by atoms with Gasteiger partial charge in [0.25, 0.3) is 0 Å². The maximum Gasteiger partial charge on any atom is 0.244 e. The predicted octanol–water partition coefficient (Wildman–Crippen LogP) is 2.71. The van der Waals surface area contributed by atoms with Gasteiger partial charge < -0.3 is 15.0 Å². The van der Waals surface area contributed by atoms with Crippen LogP contribution in [0, 0.1) is 12.8 Å². The number of hydrogen-bond donors (Lipinski definition) is 1. The number of benzene rings is 1. The Morgan fingerprint density at radius 3 is 2.68 bits per heavy atom. The van der Waals surface area contributed by atoms with E-state index in [1.165, 1.54) is 0 Å². The van der Waals surface area contributed by atoms with Gasteiger partial charge in [-0.1, -0.05) is 31.1 Å². The highest BCUT2D eigenvalue weighted by atomic mass is 16.5. The van der Waals surface area contributed by atoms with E-state index in [4.69, 9.17) is 15.0 Å². The van der Waals surface area contributed by atoms with Gasteiger partial charge in [-0.05, 0) is 24.5 Å². The zero-order valence-electron chi connectivity index (χ0n) is 11.7. The average molecular weight is 261 g/mol. The number of para-hydroxylation sites is 1. The second-order valence-corrected chi connectivity index (χ2v) is 4.88. The molecule has 0 aliphatic carbocycles. The molecule has 1 atom stereocenters. The van der Waals surface area contributed by atoms with E-state index < -0.39 is 0 Å². The maximum absolute atomic E-state index is 6.00. The summed E-state index contributed by atoms with van der Waals surface area (Å²) in [5, 5.41) is 3.99. The van der Waals surface area contributed by atoms with Crippen LogP contribution in [0.15, 0.2) is 22.7 Å². The number of aromatic nitrogens is 2. The van der Waals surface area contributed by atoms with Gasteiger partial charge in [0.2, 0.25) is 11.7 Å². The Kier molecular flexibility index (Phi) is 3.85. The molecule has 0 spiro atoms. The highest BCUT2D eigenvalue weighted by Gasteiger charge is 2.20. The van der Waals surface area contributed by atoms with Gasteiger partial charge in [-0.3, -0.25) is 0 Å². The van der Waals surface area contributed by atoms with Crippen molar-refractivity contribution in [3.8, 4) is 17.1 Å². The number of methoxy groups -OCH3 is 1. The predicted molar refractivity (Wildman–Crippen MR) is 72.8 cm³/mol. The van der Waals surface area contributed by atoms with E-state index in [1.54, 1.807) is 7.11 Å². The molecule has 0 aliphatic rings. The van der Waals surface area contributed by atoms with Crippen LogP contribution in [0.3, 0.4) is 0 Å². The summed E-state index contributed by atoms with van der Waals surface area (Å²) in [6.07, 6.45) is 0. The summed E-state index contributed by atoms with van der Waals surface area (Å²) < 4.78 is 10.6. The van der Waals surface area contributed by atoms with E-state index in [-0.39, 0.29) is 12.0 Å². The quantitative estimate of drug-likeness (QED) is 0.915. The topological polar surface area (TPSA) is 74.2 Å². The summed E-state index contributed by atoms with van der Waals surface area (Å²) in [6.45, 7) is 6.01. The third-order valence-corrected chi connectivity index (χ3v) is 3.10. The van der Waals surface area contributed by atoms with Crippen molar-refractivity contribution in [2.45, 2.75) is 26.8 Å². The molecule has 2 N–H and O–H groups in total. The largest absolute Gasteiger partial charge is 0.496 e. The van der Waals surface area contributed by atoms with Crippen molar-refractivity contribution in [2.75, 3.05) is 7.11 Å². The molecule has 1 aromatic heterocycles. The third kappa shape index (κ3) is 2.61. The van der Waals surface area contributed by atoms with E-state index in [2.05, 4.69) is 10.1 Å². The zero-order chi connectivity index (χ0) is 14.0. The van der Waals surface area contributed by atoms with Crippen molar-refractivity contribution in [3.63, 3.8) is 0 Å². The molecule has 5 nitrogen and oxygen atoms in total. The van der Waals surface area contributed by atoms with E-state index in [9.17, 15) is 0 Å². The second kappa shape index (κ2) is 5.40. The smallest absolute Gasteiger partial charge is 0.244 e. The van der Waals surface area contributed by atoms with Crippen LogP contribution in [0.1, 0.15) is 31.3 Å². The van der Waals surface area contributed by atoms with Gasteiger partial charge in [-0.25, -0.2) is 0 Å². The van der Waals surface area contributed by atoms with Crippen molar-refractivity contribution in [1.82, 2.24) is 10.1 Å². The molecule has 2 rings (SSSR count). The number of aryl methyl sites for hydroxylation is 1. The molecule has 19 heavy (non-hydrogen) atoms. The highest BCUT2D eigenvalue weighted by molar-refractivity contribution is 5.66. The summed E-state index contributed by atoms with van der Waals surface area (Å²) in [7, 11) is 1.63. The molecular weight excluding hydrogens is 242 g/mol. The molecule has 1 aromatic carbocycles. The molecule has 0 amide bonds. The highest BCUT2D eigenvalue weighted by Crippen LogP contribution is 2.31. The minimum atomic E-state index is -0.253. The lowest BCUT2D eigenvalue weighted by Gasteiger charge is -2.09. The monoisotopic (exact) mass is 261 g/mol. The summed E-state index contributed by atoms with van der Waals surface area (Å²) in [4.78, 5) is 4.37. The molecular formula is C14H19N3O2. The van der Waals surface area contributed by atoms with Gasteiger partial charge in [0, 0.05) is 0 Å². The van der Waals surface area contributed by atoms with Crippen LogP contribution in [-0.2, 0) is 0 Å². The second-order valence-electron chi connectivity index (χ2n) is 4.88. The standard InChI is InChI=1S/C14H19N3O2/c1-8(2)11(15)14-16-13(17-19-14)10-7-5-6-9(3)12(10)18-4/h5-8,11H,15H2,1-4H3/t11-/m0/s1. The number of nitrogens with two attached hydrogens (primary N) is 1. The lowest BCUT2D eigenvalue weighted by atomic mass is 10.1. The lowest BCUT2D eigenvalue weighted by Crippen LogP contribution is -2.16. The van der Waals surface area contributed by atoms with E-state index >= 15 is 0 Å². The summed E-state index contributed by atoms with van der Waals surface area (Å²) in [5.41, 5.74) is 7.84. The molecule has 102 valence electrons. The Hall–Kier alpha value is -1.88. The van der Waals surface area contributed by atoms with Crippen molar-refractivity contribution in [1.29, 1.82) is 0 Å². The van der Waals surface area contributed by atoms with E-state index in [0.29, 0.717) is 11.7 Å². The van der Waals surface area contributed by atoms with Gasteiger partial charge >= 0.3 is 0 Å². The molecule has 0 aliphatic heterocycles. The average Bonchev–Trinajstić information content (AvgIpc) is 2.86. The Balaban J connectivity index is 2.41. The maximum atomic E-state index is 6.00. The van der Waals surface area contributed by atoms with Crippen LogP contribution in [0.25, 0.3) is 11.4 Å². The Bertz CT molecular complexity index is 564. The minimum Gasteiger partial charge on any atom is -0.496 e. The van der Waals surface area contributed by atoms with Crippen LogP contribution in [-0.4, -0.2) is 17.3 Å². The zero-order valence-corrected chi connectivity index (χ0v) is 11.7. The normalized spacial score (nSPS) is 12.7. The van der Waals surface area contributed by atoms with Crippen molar-refractivity contribution in [2.24, 2.45) is 11.7 Å². The Labute approximate surface area is 112 Å². The van der Waals surface area contributed by atoms with Gasteiger partial charge in [0.15, 0.2) is 0 Å². The molecule has 2 aromatic rings. The fraction of sp³-hybridized carbons (Fsp3) is 0.429. The molecule has 0 fully saturated rings. The van der Waals surface area contributed by atoms with Crippen LogP contribution in [0.5, 0.6) is 5.75 Å². The van der Waals surface area contributed by atoms with Crippen LogP contribution in [0.2, 0.25) is 0 Å². The SMILES string of the molecule is COc1c(C)cccc1-c1noc([C@@H](N)C(C)C)n1. The summed E-state index contributed by atoms with van der Waals surface area (Å²) in [6, 6.07) is 5.56. The fourth-order valence-corrected chi connectivity index (χ4v) is 1.86. The summed E-state index contributed by atoms with van der Waals surface area (Å²) >= 11 is 0. The number of nitrogens with zero attached hydrogens (tertiary/aromatic N) is 2. The molecule has 0 radical (unpaired) electrons. The Morgan fingerprint density at radius 1 is 1.32 bits per heavy atom. The Morgan fingerprint density at radius 2 is 2.05 bits per heavy atom. The first-order valence-corrected chi connectivity index (χ1v) is 6.27. The first kappa shape index (κ1) is 13.5. The van der Waals surface area contributed by atoms with Gasteiger partial charge in [-0.2, -0.15) is 4.98 Å². The molecule has 0 unspecified atom stereocenters. The van der Waals surface area contributed by atoms with Crippen LogP contribution >= 0.6 is 0 Å².